The van der Waals surface area contributed by atoms with E-state index in [1.54, 1.807) is 11.9 Å². The highest BCUT2D eigenvalue weighted by Crippen LogP contribution is 2.27. The molecule has 1 N–H and O–H groups in total. The largest absolute Gasteiger partial charge is 0.507 e. The minimum atomic E-state index is -0.667. The smallest absolute Gasteiger partial charge is 0.260 e. The highest BCUT2D eigenvalue weighted by Gasteiger charge is 2.27. The zero-order valence-electron chi connectivity index (χ0n) is 9.82. The number of nitrogens with zero attached hydrogens (tertiary/aromatic N) is 1. The maximum absolute atomic E-state index is 13.5. The Balaban J connectivity index is 2.24. The van der Waals surface area contributed by atoms with Crippen molar-refractivity contribution in [1.29, 1.82) is 0 Å². The van der Waals surface area contributed by atoms with Crippen LogP contribution < -0.4 is 0 Å². The van der Waals surface area contributed by atoms with Crippen LogP contribution in [0.25, 0.3) is 0 Å². The lowest BCUT2D eigenvalue weighted by Crippen LogP contribution is -2.35. The Morgan fingerprint density at radius 1 is 1.41 bits per heavy atom. The van der Waals surface area contributed by atoms with E-state index in [0.29, 0.717) is 0 Å². The first-order valence-electron chi connectivity index (χ1n) is 5.86. The van der Waals surface area contributed by atoms with Crippen molar-refractivity contribution in [3.8, 4) is 5.75 Å². The number of benzene rings is 1. The Bertz CT molecular complexity index is 407. The standard InChI is InChI=1S/C13H16FNO2/c1-15(9-5-2-3-6-9)13(17)12-10(14)7-4-8-11(12)16/h4,7-9,16H,2-3,5-6H2,1H3. The maximum Gasteiger partial charge on any atom is 0.260 e. The number of phenolic OH excluding ortho intramolecular Hbond substituents is 1. The van der Waals surface area contributed by atoms with E-state index in [2.05, 4.69) is 0 Å². The summed E-state index contributed by atoms with van der Waals surface area (Å²) < 4.78 is 13.5. The number of phenols is 1. The summed E-state index contributed by atoms with van der Waals surface area (Å²) in [5.41, 5.74) is -0.220. The van der Waals surface area contributed by atoms with Crippen molar-refractivity contribution in [1.82, 2.24) is 4.90 Å². The van der Waals surface area contributed by atoms with Crippen molar-refractivity contribution >= 4 is 5.91 Å². The predicted molar refractivity (Wildman–Crippen MR) is 62.4 cm³/mol. The van der Waals surface area contributed by atoms with Crippen LogP contribution in [0.15, 0.2) is 18.2 Å². The lowest BCUT2D eigenvalue weighted by molar-refractivity contribution is 0.0727. The topological polar surface area (TPSA) is 40.5 Å². The van der Waals surface area contributed by atoms with Crippen LogP contribution in [-0.4, -0.2) is 29.0 Å². The monoisotopic (exact) mass is 237 g/mol. The van der Waals surface area contributed by atoms with Gasteiger partial charge < -0.3 is 10.0 Å². The van der Waals surface area contributed by atoms with Crippen molar-refractivity contribution in [2.75, 3.05) is 7.05 Å². The normalized spacial score (nSPS) is 16.1. The van der Waals surface area contributed by atoms with Crippen molar-refractivity contribution < 1.29 is 14.3 Å². The number of hydrogen-bond donors (Lipinski definition) is 1. The van der Waals surface area contributed by atoms with Crippen LogP contribution in [0, 0.1) is 5.82 Å². The molecule has 0 bridgehead atoms. The molecule has 1 fully saturated rings. The number of amides is 1. The van der Waals surface area contributed by atoms with Gasteiger partial charge in [-0.25, -0.2) is 4.39 Å². The zero-order valence-corrected chi connectivity index (χ0v) is 9.82. The third-order valence-electron chi connectivity index (χ3n) is 3.40. The van der Waals surface area contributed by atoms with E-state index < -0.39 is 11.7 Å². The molecule has 1 aromatic carbocycles. The van der Waals surface area contributed by atoms with E-state index in [1.807, 2.05) is 0 Å². The van der Waals surface area contributed by atoms with Gasteiger partial charge in [0.1, 0.15) is 17.1 Å². The molecule has 0 aromatic heterocycles. The van der Waals surface area contributed by atoms with Crippen molar-refractivity contribution in [3.05, 3.63) is 29.6 Å². The van der Waals surface area contributed by atoms with Gasteiger partial charge >= 0.3 is 0 Å². The molecule has 0 atom stereocenters. The summed E-state index contributed by atoms with van der Waals surface area (Å²) in [6.07, 6.45) is 4.12. The molecule has 2 rings (SSSR count). The van der Waals surface area contributed by atoms with E-state index >= 15 is 0 Å². The Kier molecular flexibility index (Phi) is 3.31. The summed E-state index contributed by atoms with van der Waals surface area (Å²) in [4.78, 5) is 13.6. The fraction of sp³-hybridized carbons (Fsp3) is 0.462. The van der Waals surface area contributed by atoms with Gasteiger partial charge in [0, 0.05) is 13.1 Å². The van der Waals surface area contributed by atoms with Crippen molar-refractivity contribution in [2.24, 2.45) is 0 Å². The molecule has 4 heteroatoms. The Labute approximate surface area is 99.9 Å². The zero-order chi connectivity index (χ0) is 12.4. The molecule has 0 spiro atoms. The van der Waals surface area contributed by atoms with Gasteiger partial charge in [0.05, 0.1) is 0 Å². The number of hydrogen-bond acceptors (Lipinski definition) is 2. The first kappa shape index (κ1) is 11.9. The molecule has 17 heavy (non-hydrogen) atoms. The number of carbonyl (C=O) groups is 1. The average Bonchev–Trinajstić information content (AvgIpc) is 2.81. The van der Waals surface area contributed by atoms with Crippen LogP contribution in [0.5, 0.6) is 5.75 Å². The summed E-state index contributed by atoms with van der Waals surface area (Å²) in [6, 6.07) is 4.08. The van der Waals surface area contributed by atoms with Gasteiger partial charge in [0.2, 0.25) is 0 Å². The number of halogens is 1. The quantitative estimate of drug-likeness (QED) is 0.858. The second kappa shape index (κ2) is 4.73. The Morgan fingerprint density at radius 2 is 2.06 bits per heavy atom. The van der Waals surface area contributed by atoms with Gasteiger partial charge in [-0.05, 0) is 25.0 Å². The summed E-state index contributed by atoms with van der Waals surface area (Å²) in [5, 5.41) is 9.57. The summed E-state index contributed by atoms with van der Waals surface area (Å²) in [7, 11) is 1.67. The van der Waals surface area contributed by atoms with Crippen molar-refractivity contribution in [3.63, 3.8) is 0 Å². The van der Waals surface area contributed by atoms with Crippen LogP contribution >= 0.6 is 0 Å². The lowest BCUT2D eigenvalue weighted by atomic mass is 10.1. The molecule has 1 aromatic rings. The minimum Gasteiger partial charge on any atom is -0.507 e. The Morgan fingerprint density at radius 3 is 2.65 bits per heavy atom. The van der Waals surface area contributed by atoms with Crippen LogP contribution in [0.4, 0.5) is 4.39 Å². The summed E-state index contributed by atoms with van der Waals surface area (Å²) >= 11 is 0. The number of carbonyl (C=O) groups excluding carboxylic acids is 1. The molecule has 0 unspecified atom stereocenters. The second-order valence-electron chi connectivity index (χ2n) is 4.49. The van der Waals surface area contributed by atoms with Gasteiger partial charge in [-0.15, -0.1) is 0 Å². The fourth-order valence-electron chi connectivity index (χ4n) is 2.36. The molecule has 3 nitrogen and oxygen atoms in total. The van der Waals surface area contributed by atoms with E-state index in [-0.39, 0.29) is 17.4 Å². The van der Waals surface area contributed by atoms with Gasteiger partial charge in [-0.3, -0.25) is 4.79 Å². The third kappa shape index (κ3) is 2.25. The highest BCUT2D eigenvalue weighted by atomic mass is 19.1. The van der Waals surface area contributed by atoms with Crippen LogP contribution in [-0.2, 0) is 0 Å². The number of rotatable bonds is 2. The molecule has 1 aliphatic rings. The first-order valence-corrected chi connectivity index (χ1v) is 5.86. The SMILES string of the molecule is CN(C(=O)c1c(O)cccc1F)C1CCCC1. The maximum atomic E-state index is 13.5. The van der Waals surface area contributed by atoms with E-state index in [1.165, 1.54) is 18.2 Å². The van der Waals surface area contributed by atoms with E-state index in [4.69, 9.17) is 0 Å². The minimum absolute atomic E-state index is 0.168. The van der Waals surface area contributed by atoms with Gasteiger partial charge in [0.25, 0.3) is 5.91 Å². The van der Waals surface area contributed by atoms with Crippen LogP contribution in [0.1, 0.15) is 36.0 Å². The fourth-order valence-corrected chi connectivity index (χ4v) is 2.36. The first-order chi connectivity index (χ1) is 8.11. The molecule has 0 radical (unpaired) electrons. The number of aromatic hydroxyl groups is 1. The average molecular weight is 237 g/mol. The van der Waals surface area contributed by atoms with Gasteiger partial charge in [-0.2, -0.15) is 0 Å². The molecule has 1 aliphatic carbocycles. The third-order valence-corrected chi connectivity index (χ3v) is 3.40. The lowest BCUT2D eigenvalue weighted by Gasteiger charge is -2.24. The van der Waals surface area contributed by atoms with E-state index in [9.17, 15) is 14.3 Å². The molecule has 1 amide bonds. The molecule has 1 saturated carbocycles. The van der Waals surface area contributed by atoms with Crippen LogP contribution in [0.2, 0.25) is 0 Å². The van der Waals surface area contributed by atoms with Gasteiger partial charge in [0.15, 0.2) is 0 Å². The molecule has 0 saturated heterocycles. The van der Waals surface area contributed by atoms with E-state index in [0.717, 1.165) is 25.7 Å². The molecule has 0 aliphatic heterocycles. The molecular formula is C13H16FNO2. The second-order valence-corrected chi connectivity index (χ2v) is 4.49. The van der Waals surface area contributed by atoms with Crippen LogP contribution in [0.3, 0.4) is 0 Å². The van der Waals surface area contributed by atoms with Crippen molar-refractivity contribution in [2.45, 2.75) is 31.7 Å². The Hall–Kier alpha value is -1.58. The summed E-state index contributed by atoms with van der Waals surface area (Å²) in [5.74, 6) is -1.40. The van der Waals surface area contributed by atoms with Gasteiger partial charge in [-0.1, -0.05) is 18.9 Å². The summed E-state index contributed by atoms with van der Waals surface area (Å²) in [6.45, 7) is 0. The molecular weight excluding hydrogens is 221 g/mol. The molecule has 0 heterocycles. The molecule has 92 valence electrons. The highest BCUT2D eigenvalue weighted by molar-refractivity contribution is 5.97. The predicted octanol–water partition coefficient (Wildman–Crippen LogP) is 2.55.